The summed E-state index contributed by atoms with van der Waals surface area (Å²) in [5, 5.41) is 18.0. The fourth-order valence-corrected chi connectivity index (χ4v) is 1.88. The summed E-state index contributed by atoms with van der Waals surface area (Å²) in [5.41, 5.74) is -1.19. The van der Waals surface area contributed by atoms with E-state index in [2.05, 4.69) is 0 Å². The van der Waals surface area contributed by atoms with Crippen LogP contribution in [0.15, 0.2) is 12.2 Å². The average Bonchev–Trinajstić information content (AvgIpc) is 2.08. The monoisotopic (exact) mass is 198 g/mol. The molecule has 0 aromatic rings. The van der Waals surface area contributed by atoms with E-state index in [9.17, 15) is 9.59 Å². The third kappa shape index (κ3) is 1.41. The van der Waals surface area contributed by atoms with E-state index in [4.69, 9.17) is 10.2 Å². The van der Waals surface area contributed by atoms with Gasteiger partial charge in [0.15, 0.2) is 0 Å². The molecule has 1 rings (SSSR count). The second kappa shape index (κ2) is 3.44. The van der Waals surface area contributed by atoms with Crippen LogP contribution < -0.4 is 0 Å². The van der Waals surface area contributed by atoms with Crippen molar-refractivity contribution in [2.45, 2.75) is 20.3 Å². The molecule has 78 valence electrons. The summed E-state index contributed by atoms with van der Waals surface area (Å²) in [6.07, 6.45) is 3.81. The molecule has 0 unspecified atom stereocenters. The van der Waals surface area contributed by atoms with Crippen LogP contribution in [0.3, 0.4) is 0 Å². The van der Waals surface area contributed by atoms with Crippen molar-refractivity contribution in [1.29, 1.82) is 0 Å². The van der Waals surface area contributed by atoms with Crippen molar-refractivity contribution in [1.82, 2.24) is 0 Å². The Labute approximate surface area is 82.2 Å². The normalized spacial score (nSPS) is 36.7. The second-order valence-electron chi connectivity index (χ2n) is 3.93. The van der Waals surface area contributed by atoms with Crippen molar-refractivity contribution in [3.63, 3.8) is 0 Å². The van der Waals surface area contributed by atoms with E-state index in [1.807, 2.05) is 0 Å². The molecule has 4 heteroatoms. The largest absolute Gasteiger partial charge is 0.481 e. The van der Waals surface area contributed by atoms with Gasteiger partial charge in [0.2, 0.25) is 0 Å². The molecule has 0 heterocycles. The average molecular weight is 198 g/mol. The lowest BCUT2D eigenvalue weighted by molar-refractivity contribution is -0.164. The highest BCUT2D eigenvalue weighted by molar-refractivity contribution is 5.84. The third-order valence-corrected chi connectivity index (χ3v) is 3.23. The molecule has 0 amide bonds. The summed E-state index contributed by atoms with van der Waals surface area (Å²) < 4.78 is 0. The van der Waals surface area contributed by atoms with Gasteiger partial charge < -0.3 is 10.2 Å². The maximum atomic E-state index is 11.1. The van der Waals surface area contributed by atoms with Crippen molar-refractivity contribution in [3.05, 3.63) is 12.2 Å². The lowest BCUT2D eigenvalue weighted by Gasteiger charge is -2.37. The molecule has 0 bridgehead atoms. The van der Waals surface area contributed by atoms with E-state index in [0.717, 1.165) is 0 Å². The van der Waals surface area contributed by atoms with Crippen LogP contribution in [0.25, 0.3) is 0 Å². The maximum Gasteiger partial charge on any atom is 0.310 e. The standard InChI is InChI=1S/C10H14O4/c1-6-4-3-5-7(8(11)12)10(6,2)9(13)14/h3-4,6-7H,5H2,1-2H3,(H,11,12)(H,13,14)/t6-,7+,10-/m1/s1. The van der Waals surface area contributed by atoms with Crippen LogP contribution in [-0.4, -0.2) is 22.2 Å². The fourth-order valence-electron chi connectivity index (χ4n) is 1.88. The number of carbonyl (C=O) groups is 2. The van der Waals surface area contributed by atoms with Crippen LogP contribution in [0, 0.1) is 17.3 Å². The summed E-state index contributed by atoms with van der Waals surface area (Å²) in [7, 11) is 0. The highest BCUT2D eigenvalue weighted by Gasteiger charge is 2.49. The summed E-state index contributed by atoms with van der Waals surface area (Å²) in [5.74, 6) is -3.16. The number of rotatable bonds is 2. The van der Waals surface area contributed by atoms with E-state index in [1.165, 1.54) is 6.92 Å². The van der Waals surface area contributed by atoms with Crippen molar-refractivity contribution < 1.29 is 19.8 Å². The van der Waals surface area contributed by atoms with E-state index in [1.54, 1.807) is 19.1 Å². The molecule has 0 fully saturated rings. The molecule has 0 aromatic heterocycles. The first-order valence-corrected chi connectivity index (χ1v) is 4.53. The molecule has 0 aliphatic heterocycles. The molecule has 14 heavy (non-hydrogen) atoms. The minimum Gasteiger partial charge on any atom is -0.481 e. The van der Waals surface area contributed by atoms with Gasteiger partial charge in [-0.15, -0.1) is 0 Å². The first kappa shape index (κ1) is 10.8. The number of carboxylic acid groups (broad SMARTS) is 2. The molecule has 0 spiro atoms. The van der Waals surface area contributed by atoms with Crippen LogP contribution in [0.4, 0.5) is 0 Å². The SMILES string of the molecule is C[C@@H]1C=CC[C@@H](C(=O)O)[C@]1(C)C(=O)O. The lowest BCUT2D eigenvalue weighted by Crippen LogP contribution is -2.45. The van der Waals surface area contributed by atoms with Crippen LogP contribution in [0.1, 0.15) is 20.3 Å². The Morgan fingerprint density at radius 3 is 2.36 bits per heavy atom. The van der Waals surface area contributed by atoms with Crippen LogP contribution in [0.5, 0.6) is 0 Å². The van der Waals surface area contributed by atoms with Gasteiger partial charge in [0, 0.05) is 0 Å². The van der Waals surface area contributed by atoms with Gasteiger partial charge >= 0.3 is 11.9 Å². The van der Waals surface area contributed by atoms with Crippen LogP contribution in [-0.2, 0) is 9.59 Å². The van der Waals surface area contributed by atoms with Crippen molar-refractivity contribution in [2.75, 3.05) is 0 Å². The predicted molar refractivity (Wildman–Crippen MR) is 49.8 cm³/mol. The topological polar surface area (TPSA) is 74.6 Å². The zero-order valence-corrected chi connectivity index (χ0v) is 8.23. The Morgan fingerprint density at radius 1 is 1.43 bits per heavy atom. The van der Waals surface area contributed by atoms with Gasteiger partial charge in [-0.05, 0) is 19.3 Å². The number of allylic oxidation sites excluding steroid dienone is 2. The second-order valence-corrected chi connectivity index (χ2v) is 3.93. The highest BCUT2D eigenvalue weighted by atomic mass is 16.4. The zero-order chi connectivity index (χ0) is 10.9. The number of carboxylic acids is 2. The molecular formula is C10H14O4. The number of hydrogen-bond donors (Lipinski definition) is 2. The van der Waals surface area contributed by atoms with Gasteiger partial charge in [-0.1, -0.05) is 19.1 Å². The molecule has 0 saturated heterocycles. The quantitative estimate of drug-likeness (QED) is 0.657. The van der Waals surface area contributed by atoms with Crippen molar-refractivity contribution >= 4 is 11.9 Å². The molecular weight excluding hydrogens is 184 g/mol. The van der Waals surface area contributed by atoms with E-state index >= 15 is 0 Å². The molecule has 0 radical (unpaired) electrons. The van der Waals surface area contributed by atoms with Gasteiger partial charge in [-0.25, -0.2) is 0 Å². The minimum atomic E-state index is -1.19. The fraction of sp³-hybridized carbons (Fsp3) is 0.600. The Morgan fingerprint density at radius 2 is 2.00 bits per heavy atom. The van der Waals surface area contributed by atoms with Gasteiger partial charge in [-0.2, -0.15) is 0 Å². The number of hydrogen-bond acceptors (Lipinski definition) is 2. The smallest absolute Gasteiger partial charge is 0.310 e. The van der Waals surface area contributed by atoms with Crippen molar-refractivity contribution in [2.24, 2.45) is 17.3 Å². The van der Waals surface area contributed by atoms with Gasteiger partial charge in [0.1, 0.15) is 0 Å². The van der Waals surface area contributed by atoms with Crippen LogP contribution >= 0.6 is 0 Å². The van der Waals surface area contributed by atoms with Gasteiger partial charge in [-0.3, -0.25) is 9.59 Å². The summed E-state index contributed by atoms with van der Waals surface area (Å²) >= 11 is 0. The van der Waals surface area contributed by atoms with E-state index in [-0.39, 0.29) is 5.92 Å². The molecule has 1 aliphatic carbocycles. The first-order chi connectivity index (χ1) is 6.40. The zero-order valence-electron chi connectivity index (χ0n) is 8.23. The molecule has 1 aliphatic rings. The van der Waals surface area contributed by atoms with Crippen LogP contribution in [0.2, 0.25) is 0 Å². The lowest BCUT2D eigenvalue weighted by atomic mass is 9.64. The Balaban J connectivity index is 3.13. The molecule has 0 aromatic carbocycles. The Bertz CT molecular complexity index is 294. The van der Waals surface area contributed by atoms with E-state index in [0.29, 0.717) is 6.42 Å². The first-order valence-electron chi connectivity index (χ1n) is 4.53. The van der Waals surface area contributed by atoms with Gasteiger partial charge in [0.05, 0.1) is 11.3 Å². The molecule has 4 nitrogen and oxygen atoms in total. The summed E-state index contributed by atoms with van der Waals surface area (Å²) in [6, 6.07) is 0. The Hall–Kier alpha value is -1.32. The predicted octanol–water partition coefficient (Wildman–Crippen LogP) is 1.37. The molecule has 0 saturated carbocycles. The third-order valence-electron chi connectivity index (χ3n) is 3.23. The maximum absolute atomic E-state index is 11.1. The number of aliphatic carboxylic acids is 2. The van der Waals surface area contributed by atoms with Gasteiger partial charge in [0.25, 0.3) is 0 Å². The summed E-state index contributed by atoms with van der Waals surface area (Å²) in [4.78, 5) is 22.0. The highest BCUT2D eigenvalue weighted by Crippen LogP contribution is 2.42. The van der Waals surface area contributed by atoms with E-state index < -0.39 is 23.3 Å². The molecule has 3 atom stereocenters. The molecule has 2 N–H and O–H groups in total. The minimum absolute atomic E-state index is 0.255. The summed E-state index contributed by atoms with van der Waals surface area (Å²) in [6.45, 7) is 3.24. The van der Waals surface area contributed by atoms with Crippen molar-refractivity contribution in [3.8, 4) is 0 Å². The Kier molecular flexibility index (Phi) is 2.64.